The van der Waals surface area contributed by atoms with Crippen molar-refractivity contribution in [1.29, 1.82) is 0 Å². The quantitative estimate of drug-likeness (QED) is 0.851. The zero-order valence-corrected chi connectivity index (χ0v) is 15.3. The highest BCUT2D eigenvalue weighted by atomic mass is 32.2. The van der Waals surface area contributed by atoms with Gasteiger partial charge < -0.3 is 10.6 Å². The lowest BCUT2D eigenvalue weighted by Gasteiger charge is -2.33. The van der Waals surface area contributed by atoms with Crippen LogP contribution >= 0.6 is 11.8 Å². The van der Waals surface area contributed by atoms with E-state index in [1.807, 2.05) is 11.8 Å². The van der Waals surface area contributed by atoms with Gasteiger partial charge in [-0.05, 0) is 39.5 Å². The molecule has 0 unspecified atom stereocenters. The minimum absolute atomic E-state index is 0.151. The van der Waals surface area contributed by atoms with Crippen molar-refractivity contribution in [2.45, 2.75) is 57.7 Å². The number of carbonyl (C=O) groups is 1. The van der Waals surface area contributed by atoms with Crippen LogP contribution in [0.3, 0.4) is 0 Å². The summed E-state index contributed by atoms with van der Waals surface area (Å²) in [4.78, 5) is 18.9. The molecule has 0 saturated carbocycles. The number of nitrogen functional groups attached to an aromatic ring is 1. The van der Waals surface area contributed by atoms with Crippen LogP contribution in [-0.4, -0.2) is 48.7 Å². The SMILES string of the molecule is CCc1c(C)nc(N)n2c(SCC(=O)N3CCCC[C@H]3C)nnc12. The lowest BCUT2D eigenvalue weighted by atomic mass is 10.0. The monoisotopic (exact) mass is 348 g/mol. The molecule has 0 aliphatic carbocycles. The molecule has 1 amide bonds. The van der Waals surface area contributed by atoms with Gasteiger partial charge in [-0.3, -0.25) is 4.79 Å². The Morgan fingerprint density at radius 2 is 2.17 bits per heavy atom. The molecule has 0 aromatic carbocycles. The molecule has 130 valence electrons. The maximum atomic E-state index is 12.5. The minimum atomic E-state index is 0.151. The second-order valence-electron chi connectivity index (χ2n) is 6.25. The van der Waals surface area contributed by atoms with E-state index >= 15 is 0 Å². The standard InChI is InChI=1S/C16H24N6OS/c1-4-12-11(3)18-15(17)22-14(12)19-20-16(22)24-9-13(23)21-8-6-5-7-10(21)2/h10H,4-9H2,1-3H3,(H2,17,18)/t10-/m1/s1. The van der Waals surface area contributed by atoms with Crippen molar-refractivity contribution in [3.8, 4) is 0 Å². The van der Waals surface area contributed by atoms with Gasteiger partial charge in [-0.2, -0.15) is 0 Å². The van der Waals surface area contributed by atoms with E-state index < -0.39 is 0 Å². The highest BCUT2D eigenvalue weighted by Crippen LogP contribution is 2.25. The summed E-state index contributed by atoms with van der Waals surface area (Å²) in [5, 5.41) is 9.12. The zero-order valence-electron chi connectivity index (χ0n) is 14.4. The summed E-state index contributed by atoms with van der Waals surface area (Å²) in [6.45, 7) is 6.96. The van der Waals surface area contributed by atoms with Crippen LogP contribution in [0.15, 0.2) is 5.16 Å². The number of nitrogens with zero attached hydrogens (tertiary/aromatic N) is 5. The predicted molar refractivity (Wildman–Crippen MR) is 95.1 cm³/mol. The summed E-state index contributed by atoms with van der Waals surface area (Å²) < 4.78 is 1.75. The van der Waals surface area contributed by atoms with E-state index in [1.54, 1.807) is 4.40 Å². The first kappa shape index (κ1) is 17.0. The van der Waals surface area contributed by atoms with Gasteiger partial charge in [-0.1, -0.05) is 18.7 Å². The number of hydrogen-bond acceptors (Lipinski definition) is 6. The average Bonchev–Trinajstić information content (AvgIpc) is 2.97. The molecule has 0 radical (unpaired) electrons. The van der Waals surface area contributed by atoms with Crippen molar-refractivity contribution in [1.82, 2.24) is 24.5 Å². The number of piperidine rings is 1. The Labute approximate surface area is 146 Å². The van der Waals surface area contributed by atoms with Crippen molar-refractivity contribution >= 4 is 29.3 Å². The molecule has 1 fully saturated rings. The van der Waals surface area contributed by atoms with Crippen LogP contribution in [-0.2, 0) is 11.2 Å². The average molecular weight is 348 g/mol. The van der Waals surface area contributed by atoms with Crippen LogP contribution in [0.4, 0.5) is 5.95 Å². The number of aromatic nitrogens is 4. The highest BCUT2D eigenvalue weighted by molar-refractivity contribution is 7.99. The smallest absolute Gasteiger partial charge is 0.233 e. The number of likely N-dealkylation sites (tertiary alicyclic amines) is 1. The lowest BCUT2D eigenvalue weighted by Crippen LogP contribution is -2.42. The highest BCUT2D eigenvalue weighted by Gasteiger charge is 2.24. The van der Waals surface area contributed by atoms with Crippen LogP contribution in [0.1, 0.15) is 44.4 Å². The first-order valence-electron chi connectivity index (χ1n) is 8.45. The third-order valence-electron chi connectivity index (χ3n) is 4.65. The number of thioether (sulfide) groups is 1. The number of rotatable bonds is 4. The van der Waals surface area contributed by atoms with Gasteiger partial charge in [-0.15, -0.1) is 10.2 Å². The normalized spacial score (nSPS) is 18.3. The van der Waals surface area contributed by atoms with Gasteiger partial charge in [0.2, 0.25) is 11.9 Å². The Bertz CT molecular complexity index is 759. The van der Waals surface area contributed by atoms with Crippen molar-refractivity contribution < 1.29 is 4.79 Å². The molecule has 7 nitrogen and oxygen atoms in total. The molecule has 2 aromatic rings. The number of fused-ring (bicyclic) bond motifs is 1. The van der Waals surface area contributed by atoms with E-state index in [4.69, 9.17) is 5.73 Å². The Hall–Kier alpha value is -1.83. The van der Waals surface area contributed by atoms with Gasteiger partial charge in [0.1, 0.15) is 0 Å². The van der Waals surface area contributed by atoms with Gasteiger partial charge in [0.15, 0.2) is 10.8 Å². The second-order valence-corrected chi connectivity index (χ2v) is 7.19. The molecular weight excluding hydrogens is 324 g/mol. The third-order valence-corrected chi connectivity index (χ3v) is 5.57. The minimum Gasteiger partial charge on any atom is -0.369 e. The van der Waals surface area contributed by atoms with Gasteiger partial charge in [0.05, 0.1) is 5.75 Å². The molecule has 1 aliphatic heterocycles. The van der Waals surface area contributed by atoms with Gasteiger partial charge in [0.25, 0.3) is 0 Å². The molecule has 0 spiro atoms. The first-order chi connectivity index (χ1) is 11.5. The molecule has 1 aliphatic rings. The zero-order chi connectivity index (χ0) is 17.3. The van der Waals surface area contributed by atoms with E-state index in [9.17, 15) is 4.79 Å². The molecule has 3 rings (SSSR count). The number of hydrogen-bond donors (Lipinski definition) is 1. The maximum Gasteiger partial charge on any atom is 0.233 e. The fourth-order valence-corrected chi connectivity index (χ4v) is 4.13. The molecule has 8 heteroatoms. The number of aryl methyl sites for hydroxylation is 2. The Balaban J connectivity index is 1.80. The third kappa shape index (κ3) is 3.07. The van der Waals surface area contributed by atoms with E-state index in [-0.39, 0.29) is 5.91 Å². The van der Waals surface area contributed by atoms with Crippen molar-refractivity contribution in [3.05, 3.63) is 11.3 Å². The number of nitrogens with two attached hydrogens (primary N) is 1. The van der Waals surface area contributed by atoms with E-state index in [0.29, 0.717) is 22.9 Å². The summed E-state index contributed by atoms with van der Waals surface area (Å²) in [5.74, 6) is 0.865. The van der Waals surface area contributed by atoms with Gasteiger partial charge in [-0.25, -0.2) is 9.38 Å². The summed E-state index contributed by atoms with van der Waals surface area (Å²) >= 11 is 1.38. The Kier molecular flexibility index (Phi) is 4.93. The lowest BCUT2D eigenvalue weighted by molar-refractivity contribution is -0.131. The van der Waals surface area contributed by atoms with Crippen molar-refractivity contribution in [2.24, 2.45) is 0 Å². The second kappa shape index (κ2) is 6.96. The van der Waals surface area contributed by atoms with Gasteiger partial charge >= 0.3 is 0 Å². The number of anilines is 1. The molecule has 2 N–H and O–H groups in total. The van der Waals surface area contributed by atoms with Crippen LogP contribution in [0.2, 0.25) is 0 Å². The topological polar surface area (TPSA) is 89.4 Å². The van der Waals surface area contributed by atoms with Crippen LogP contribution < -0.4 is 5.73 Å². The van der Waals surface area contributed by atoms with Crippen LogP contribution in [0, 0.1) is 6.92 Å². The molecule has 1 atom stereocenters. The van der Waals surface area contributed by atoms with Crippen LogP contribution in [0.25, 0.3) is 5.65 Å². The van der Waals surface area contributed by atoms with E-state index in [0.717, 1.165) is 42.7 Å². The van der Waals surface area contributed by atoms with E-state index in [1.165, 1.54) is 18.2 Å². The first-order valence-corrected chi connectivity index (χ1v) is 9.43. The molecule has 1 saturated heterocycles. The summed E-state index contributed by atoms with van der Waals surface area (Å²) in [7, 11) is 0. The molecular formula is C16H24N6OS. The molecule has 0 bridgehead atoms. The number of amides is 1. The Morgan fingerprint density at radius 3 is 2.88 bits per heavy atom. The Morgan fingerprint density at radius 1 is 1.38 bits per heavy atom. The molecule has 3 heterocycles. The van der Waals surface area contributed by atoms with Gasteiger partial charge in [0, 0.05) is 23.8 Å². The van der Waals surface area contributed by atoms with Crippen molar-refractivity contribution in [3.63, 3.8) is 0 Å². The largest absolute Gasteiger partial charge is 0.369 e. The fraction of sp³-hybridized carbons (Fsp3) is 0.625. The summed E-state index contributed by atoms with van der Waals surface area (Å²) in [6, 6.07) is 0.322. The van der Waals surface area contributed by atoms with E-state index in [2.05, 4.69) is 29.0 Å². The summed E-state index contributed by atoms with van der Waals surface area (Å²) in [6.07, 6.45) is 4.19. The summed E-state index contributed by atoms with van der Waals surface area (Å²) in [5.41, 5.74) is 8.72. The van der Waals surface area contributed by atoms with Crippen molar-refractivity contribution in [2.75, 3.05) is 18.0 Å². The number of carbonyl (C=O) groups excluding carboxylic acids is 1. The molecule has 2 aromatic heterocycles. The fourth-order valence-electron chi connectivity index (χ4n) is 3.31. The maximum absolute atomic E-state index is 12.5. The predicted octanol–water partition coefficient (Wildman–Crippen LogP) is 2.07. The molecule has 24 heavy (non-hydrogen) atoms. The van der Waals surface area contributed by atoms with Crippen LogP contribution in [0.5, 0.6) is 0 Å².